The Morgan fingerprint density at radius 1 is 1.08 bits per heavy atom. The average molecular weight is 338 g/mol. The summed E-state index contributed by atoms with van der Waals surface area (Å²) in [5.41, 5.74) is 3.39. The lowest BCUT2D eigenvalue weighted by Crippen LogP contribution is -2.43. The highest BCUT2D eigenvalue weighted by atomic mass is 16.5. The number of carbonyl (C=O) groups excluding carboxylic acids is 1. The lowest BCUT2D eigenvalue weighted by atomic mass is 10.0. The molecule has 0 aromatic heterocycles. The first-order valence-corrected chi connectivity index (χ1v) is 8.90. The highest BCUT2D eigenvalue weighted by molar-refractivity contribution is 5.79. The third-order valence-electron chi connectivity index (χ3n) is 4.57. The molecule has 0 saturated carbocycles. The fourth-order valence-electron chi connectivity index (χ4n) is 3.10. The summed E-state index contributed by atoms with van der Waals surface area (Å²) in [5, 5.41) is 3.22. The summed E-state index contributed by atoms with van der Waals surface area (Å²) in [5.74, 6) is 0.0611. The zero-order valence-corrected chi connectivity index (χ0v) is 14.8. The van der Waals surface area contributed by atoms with E-state index in [-0.39, 0.29) is 11.9 Å². The first-order chi connectivity index (χ1) is 12.2. The van der Waals surface area contributed by atoms with Gasteiger partial charge in [-0.3, -0.25) is 9.69 Å². The summed E-state index contributed by atoms with van der Waals surface area (Å²) in [6.45, 7) is 6.22. The third-order valence-corrected chi connectivity index (χ3v) is 4.57. The maximum absolute atomic E-state index is 12.6. The van der Waals surface area contributed by atoms with Crippen LogP contribution in [0.25, 0.3) is 0 Å². The summed E-state index contributed by atoms with van der Waals surface area (Å²) < 4.78 is 5.43. The Labute approximate surface area is 149 Å². The smallest absolute Gasteiger partial charge is 0.224 e. The van der Waals surface area contributed by atoms with Crippen molar-refractivity contribution in [2.45, 2.75) is 19.4 Å². The lowest BCUT2D eigenvalue weighted by Gasteiger charge is -2.31. The van der Waals surface area contributed by atoms with Crippen molar-refractivity contribution in [3.8, 4) is 0 Å². The molecular formula is C21H26N2O2. The summed E-state index contributed by atoms with van der Waals surface area (Å²) in [6.07, 6.45) is 0.409. The van der Waals surface area contributed by atoms with E-state index in [1.54, 1.807) is 0 Å². The van der Waals surface area contributed by atoms with Gasteiger partial charge in [0.25, 0.3) is 0 Å². The molecule has 1 heterocycles. The van der Waals surface area contributed by atoms with Crippen molar-refractivity contribution in [1.82, 2.24) is 10.2 Å². The molecule has 1 aliphatic rings. The zero-order chi connectivity index (χ0) is 17.5. The molecule has 25 heavy (non-hydrogen) atoms. The van der Waals surface area contributed by atoms with Crippen molar-refractivity contribution in [3.05, 3.63) is 71.3 Å². The van der Waals surface area contributed by atoms with Gasteiger partial charge in [-0.15, -0.1) is 0 Å². The molecule has 1 N–H and O–H groups in total. The SMILES string of the molecule is Cc1ccc(CC(=O)NC(CN2CCOCC2)c2ccccc2)cc1. The van der Waals surface area contributed by atoms with Crippen LogP contribution in [0.5, 0.6) is 0 Å². The van der Waals surface area contributed by atoms with Crippen molar-refractivity contribution >= 4 is 5.91 Å². The number of ether oxygens (including phenoxy) is 1. The molecule has 1 fully saturated rings. The van der Waals surface area contributed by atoms with Gasteiger partial charge in [0, 0.05) is 19.6 Å². The van der Waals surface area contributed by atoms with Crippen LogP contribution in [-0.4, -0.2) is 43.7 Å². The van der Waals surface area contributed by atoms with E-state index < -0.39 is 0 Å². The number of rotatable bonds is 6. The molecular weight excluding hydrogens is 312 g/mol. The predicted octanol–water partition coefficient (Wildman–Crippen LogP) is 2.73. The Kier molecular flexibility index (Phi) is 6.20. The first kappa shape index (κ1) is 17.6. The fraction of sp³-hybridized carbons (Fsp3) is 0.381. The molecule has 1 amide bonds. The average Bonchev–Trinajstić information content (AvgIpc) is 2.65. The quantitative estimate of drug-likeness (QED) is 0.880. The highest BCUT2D eigenvalue weighted by Gasteiger charge is 2.20. The van der Waals surface area contributed by atoms with Crippen LogP contribution in [0, 0.1) is 6.92 Å². The van der Waals surface area contributed by atoms with E-state index >= 15 is 0 Å². The van der Waals surface area contributed by atoms with E-state index in [4.69, 9.17) is 4.74 Å². The van der Waals surface area contributed by atoms with Gasteiger partial charge in [0.1, 0.15) is 0 Å². The second-order valence-electron chi connectivity index (χ2n) is 6.61. The molecule has 4 heteroatoms. The Bertz CT molecular complexity index is 664. The molecule has 0 aliphatic carbocycles. The van der Waals surface area contributed by atoms with E-state index in [2.05, 4.69) is 29.3 Å². The Morgan fingerprint density at radius 2 is 1.76 bits per heavy atom. The molecule has 0 bridgehead atoms. The summed E-state index contributed by atoms with van der Waals surface area (Å²) in [6, 6.07) is 18.3. The van der Waals surface area contributed by atoms with Crippen molar-refractivity contribution in [2.75, 3.05) is 32.8 Å². The van der Waals surface area contributed by atoms with Crippen LogP contribution < -0.4 is 5.32 Å². The Hall–Kier alpha value is -2.17. The molecule has 2 aromatic carbocycles. The van der Waals surface area contributed by atoms with Gasteiger partial charge in [-0.2, -0.15) is 0 Å². The minimum atomic E-state index is -0.00255. The van der Waals surface area contributed by atoms with Crippen molar-refractivity contribution in [3.63, 3.8) is 0 Å². The van der Waals surface area contributed by atoms with E-state index in [0.717, 1.165) is 44.0 Å². The number of nitrogens with one attached hydrogen (secondary N) is 1. The van der Waals surface area contributed by atoms with Crippen LogP contribution in [-0.2, 0) is 16.0 Å². The number of nitrogens with zero attached hydrogens (tertiary/aromatic N) is 1. The first-order valence-electron chi connectivity index (χ1n) is 8.90. The van der Waals surface area contributed by atoms with Crippen LogP contribution in [0.2, 0.25) is 0 Å². The van der Waals surface area contributed by atoms with Gasteiger partial charge in [0.2, 0.25) is 5.91 Å². The molecule has 0 radical (unpaired) electrons. The largest absolute Gasteiger partial charge is 0.379 e. The minimum absolute atomic E-state index is 0.00255. The Morgan fingerprint density at radius 3 is 2.44 bits per heavy atom. The summed E-state index contributed by atoms with van der Waals surface area (Å²) >= 11 is 0. The molecule has 3 rings (SSSR count). The highest BCUT2D eigenvalue weighted by Crippen LogP contribution is 2.16. The zero-order valence-electron chi connectivity index (χ0n) is 14.8. The van der Waals surface area contributed by atoms with Crippen molar-refractivity contribution in [2.24, 2.45) is 0 Å². The third kappa shape index (κ3) is 5.41. The van der Waals surface area contributed by atoms with Crippen LogP contribution in [0.15, 0.2) is 54.6 Å². The molecule has 4 nitrogen and oxygen atoms in total. The minimum Gasteiger partial charge on any atom is -0.379 e. The van der Waals surface area contributed by atoms with Gasteiger partial charge in [0.05, 0.1) is 25.7 Å². The monoisotopic (exact) mass is 338 g/mol. The van der Waals surface area contributed by atoms with Gasteiger partial charge >= 0.3 is 0 Å². The summed E-state index contributed by atoms with van der Waals surface area (Å²) in [7, 11) is 0. The lowest BCUT2D eigenvalue weighted by molar-refractivity contribution is -0.121. The van der Waals surface area contributed by atoms with Gasteiger partial charge in [0.15, 0.2) is 0 Å². The normalized spacial score (nSPS) is 16.4. The van der Waals surface area contributed by atoms with Crippen LogP contribution in [0.3, 0.4) is 0 Å². The Balaban J connectivity index is 1.65. The van der Waals surface area contributed by atoms with E-state index in [9.17, 15) is 4.79 Å². The second-order valence-corrected chi connectivity index (χ2v) is 6.61. The molecule has 132 valence electrons. The topological polar surface area (TPSA) is 41.6 Å². The van der Waals surface area contributed by atoms with E-state index in [1.807, 2.05) is 42.5 Å². The van der Waals surface area contributed by atoms with Gasteiger partial charge in [-0.25, -0.2) is 0 Å². The predicted molar refractivity (Wildman–Crippen MR) is 99.5 cm³/mol. The summed E-state index contributed by atoms with van der Waals surface area (Å²) in [4.78, 5) is 14.9. The number of hydrogen-bond acceptors (Lipinski definition) is 3. The van der Waals surface area contributed by atoms with Crippen LogP contribution in [0.4, 0.5) is 0 Å². The number of amides is 1. The van der Waals surface area contributed by atoms with Crippen molar-refractivity contribution < 1.29 is 9.53 Å². The standard InChI is InChI=1S/C21H26N2O2/c1-17-7-9-18(10-8-17)15-21(24)22-20(19-5-3-2-4-6-19)16-23-11-13-25-14-12-23/h2-10,20H,11-16H2,1H3,(H,22,24). The molecule has 0 spiro atoms. The number of benzene rings is 2. The van der Waals surface area contributed by atoms with Crippen molar-refractivity contribution in [1.29, 1.82) is 0 Å². The molecule has 2 aromatic rings. The van der Waals surface area contributed by atoms with Gasteiger partial charge in [-0.05, 0) is 18.1 Å². The second kappa shape index (κ2) is 8.79. The number of hydrogen-bond donors (Lipinski definition) is 1. The molecule has 1 unspecified atom stereocenters. The van der Waals surface area contributed by atoms with Gasteiger partial charge < -0.3 is 10.1 Å². The fourth-order valence-corrected chi connectivity index (χ4v) is 3.10. The van der Waals surface area contributed by atoms with E-state index in [0.29, 0.717) is 6.42 Å². The molecule has 1 saturated heterocycles. The molecule has 1 atom stereocenters. The molecule has 1 aliphatic heterocycles. The maximum Gasteiger partial charge on any atom is 0.224 e. The maximum atomic E-state index is 12.6. The number of carbonyl (C=O) groups is 1. The number of aryl methyl sites for hydroxylation is 1. The van der Waals surface area contributed by atoms with Gasteiger partial charge in [-0.1, -0.05) is 60.2 Å². The van der Waals surface area contributed by atoms with Crippen LogP contribution in [0.1, 0.15) is 22.7 Å². The van der Waals surface area contributed by atoms with Crippen LogP contribution >= 0.6 is 0 Å². The van der Waals surface area contributed by atoms with E-state index in [1.165, 1.54) is 5.56 Å². The number of morpholine rings is 1.